The van der Waals surface area contributed by atoms with Gasteiger partial charge in [-0.05, 0) is 48.9 Å². The average Bonchev–Trinajstić information content (AvgIpc) is 3.19. The van der Waals surface area contributed by atoms with Gasteiger partial charge in [0.15, 0.2) is 5.69 Å². The van der Waals surface area contributed by atoms with Gasteiger partial charge in [-0.15, -0.1) is 0 Å². The van der Waals surface area contributed by atoms with Crippen molar-refractivity contribution in [2.45, 2.75) is 71.3 Å². The molecule has 2 rings (SSSR count). The van der Waals surface area contributed by atoms with Crippen molar-refractivity contribution in [3.8, 4) is 5.69 Å². The Morgan fingerprint density at radius 1 is 1.00 bits per heavy atom. The quantitative estimate of drug-likeness (QED) is 0.298. The Labute approximate surface area is 204 Å². The third-order valence-electron chi connectivity index (χ3n) is 5.28. The number of nitrogens with zero attached hydrogens (tertiary/aromatic N) is 2. The third-order valence-corrected chi connectivity index (χ3v) is 5.28. The van der Waals surface area contributed by atoms with Crippen LogP contribution in [0.2, 0.25) is 0 Å². The van der Waals surface area contributed by atoms with Gasteiger partial charge in [0.05, 0.1) is 5.69 Å². The Balaban J connectivity index is 1.93. The van der Waals surface area contributed by atoms with Gasteiger partial charge < -0.3 is 15.8 Å². The monoisotopic (exact) mass is 522 g/mol. The highest BCUT2D eigenvalue weighted by atomic mass is 19.4. The van der Waals surface area contributed by atoms with Crippen molar-refractivity contribution in [2.24, 2.45) is 11.1 Å². The van der Waals surface area contributed by atoms with Gasteiger partial charge in [0.1, 0.15) is 11.8 Å². The summed E-state index contributed by atoms with van der Waals surface area (Å²) in [6.07, 6.45) is -8.62. The van der Waals surface area contributed by atoms with Crippen LogP contribution in [0.4, 0.5) is 36.8 Å². The molecule has 3 N–H and O–H groups in total. The van der Waals surface area contributed by atoms with Crippen LogP contribution in [-0.4, -0.2) is 27.9 Å². The number of alkyl halides is 6. The van der Waals surface area contributed by atoms with Crippen molar-refractivity contribution in [1.82, 2.24) is 9.78 Å². The fraction of sp³-hybridized carbons (Fsp3) is 0.522. The number of primary amides is 1. The lowest BCUT2D eigenvalue weighted by atomic mass is 9.86. The lowest BCUT2D eigenvalue weighted by Gasteiger charge is -2.29. The van der Waals surface area contributed by atoms with Crippen LogP contribution in [0.1, 0.15) is 64.3 Å². The summed E-state index contributed by atoms with van der Waals surface area (Å²) < 4.78 is 83.5. The number of ether oxygens (including phenoxy) is 1. The number of amides is 2. The molecule has 1 unspecified atom stereocenters. The number of anilines is 1. The van der Waals surface area contributed by atoms with E-state index in [0.717, 1.165) is 12.1 Å². The first-order valence-electron chi connectivity index (χ1n) is 11.1. The molecule has 0 aliphatic rings. The van der Waals surface area contributed by atoms with Gasteiger partial charge >= 0.3 is 18.4 Å². The maximum absolute atomic E-state index is 13.2. The standard InChI is InChI=1S/C23H28F6N4O3/c1-21(2,3)18(36-20(30)35)7-5-4-6-8-19(34)31-14-9-11-15(12-10-14)33-17(23(27,28)29)13-16(32-33)22(24,25)26/h9-13,18H,4-8H2,1-3H3,(H2,30,35)(H,31,34). The second-order valence-corrected chi connectivity index (χ2v) is 9.31. The molecule has 7 nitrogen and oxygen atoms in total. The van der Waals surface area contributed by atoms with Gasteiger partial charge in [0.2, 0.25) is 5.91 Å². The van der Waals surface area contributed by atoms with Gasteiger partial charge in [-0.25, -0.2) is 9.48 Å². The summed E-state index contributed by atoms with van der Waals surface area (Å²) in [4.78, 5) is 23.2. The van der Waals surface area contributed by atoms with E-state index in [9.17, 15) is 35.9 Å². The van der Waals surface area contributed by atoms with Crippen molar-refractivity contribution in [3.63, 3.8) is 0 Å². The molecule has 1 aromatic carbocycles. The highest BCUT2D eigenvalue weighted by Gasteiger charge is 2.42. The number of rotatable bonds is 9. The normalized spacial score (nSPS) is 13.4. The van der Waals surface area contributed by atoms with Crippen LogP contribution in [0.25, 0.3) is 5.69 Å². The van der Waals surface area contributed by atoms with E-state index >= 15 is 0 Å². The molecule has 200 valence electrons. The van der Waals surface area contributed by atoms with Crippen LogP contribution in [0.15, 0.2) is 30.3 Å². The molecule has 2 amide bonds. The Hall–Kier alpha value is -3.25. The van der Waals surface area contributed by atoms with Crippen LogP contribution in [0.5, 0.6) is 0 Å². The number of aromatic nitrogens is 2. The zero-order valence-corrected chi connectivity index (χ0v) is 20.0. The maximum atomic E-state index is 13.2. The second kappa shape index (κ2) is 11.2. The van der Waals surface area contributed by atoms with Gasteiger partial charge in [0, 0.05) is 18.2 Å². The number of unbranched alkanes of at least 4 members (excludes halogenated alkanes) is 2. The van der Waals surface area contributed by atoms with Gasteiger partial charge in [0.25, 0.3) is 0 Å². The summed E-state index contributed by atoms with van der Waals surface area (Å²) in [7, 11) is 0. The summed E-state index contributed by atoms with van der Waals surface area (Å²) in [5.41, 5.74) is 1.61. The molecule has 0 bridgehead atoms. The highest BCUT2D eigenvalue weighted by Crippen LogP contribution is 2.36. The van der Waals surface area contributed by atoms with E-state index in [1.807, 2.05) is 20.8 Å². The van der Waals surface area contributed by atoms with E-state index in [1.165, 1.54) is 12.1 Å². The number of halogens is 6. The van der Waals surface area contributed by atoms with Crippen molar-refractivity contribution >= 4 is 17.7 Å². The summed E-state index contributed by atoms with van der Waals surface area (Å²) in [6, 6.07) is 4.75. The topological polar surface area (TPSA) is 99.2 Å². The van der Waals surface area contributed by atoms with Crippen molar-refractivity contribution in [3.05, 3.63) is 41.7 Å². The van der Waals surface area contributed by atoms with E-state index in [2.05, 4.69) is 10.4 Å². The van der Waals surface area contributed by atoms with E-state index in [1.54, 1.807) is 0 Å². The second-order valence-electron chi connectivity index (χ2n) is 9.31. The first-order valence-corrected chi connectivity index (χ1v) is 11.1. The molecule has 13 heteroatoms. The number of benzene rings is 1. The average molecular weight is 522 g/mol. The smallest absolute Gasteiger partial charge is 0.435 e. The number of carbonyl (C=O) groups is 2. The van der Waals surface area contributed by atoms with Crippen LogP contribution in [0, 0.1) is 5.41 Å². The number of nitrogens with one attached hydrogen (secondary N) is 1. The molecule has 0 saturated carbocycles. The predicted molar refractivity (Wildman–Crippen MR) is 119 cm³/mol. The molecular formula is C23H28F6N4O3. The lowest BCUT2D eigenvalue weighted by Crippen LogP contribution is -2.33. The lowest BCUT2D eigenvalue weighted by molar-refractivity contribution is -0.143. The van der Waals surface area contributed by atoms with Crippen LogP contribution in [0.3, 0.4) is 0 Å². The van der Waals surface area contributed by atoms with Gasteiger partial charge in [-0.2, -0.15) is 31.4 Å². The SMILES string of the molecule is CC(C)(C)C(CCCCCC(=O)Nc1ccc(-n2nc(C(F)(F)F)cc2C(F)(F)F)cc1)OC(N)=O. The van der Waals surface area contributed by atoms with Crippen LogP contribution < -0.4 is 11.1 Å². The minimum atomic E-state index is -5.05. The number of hydrogen-bond donors (Lipinski definition) is 2. The van der Waals surface area contributed by atoms with E-state index in [-0.39, 0.29) is 46.0 Å². The van der Waals surface area contributed by atoms with Crippen molar-refractivity contribution in [1.29, 1.82) is 0 Å². The zero-order valence-electron chi connectivity index (χ0n) is 20.0. The molecule has 2 aromatic rings. The minimum absolute atomic E-state index is 0.0561. The molecule has 0 radical (unpaired) electrons. The van der Waals surface area contributed by atoms with E-state index < -0.39 is 29.8 Å². The largest absolute Gasteiger partial charge is 0.446 e. The fourth-order valence-corrected chi connectivity index (χ4v) is 3.43. The van der Waals surface area contributed by atoms with Crippen molar-refractivity contribution in [2.75, 3.05) is 5.32 Å². The number of hydrogen-bond acceptors (Lipinski definition) is 4. The van der Waals surface area contributed by atoms with Crippen LogP contribution in [-0.2, 0) is 21.9 Å². The van der Waals surface area contributed by atoms with E-state index in [4.69, 9.17) is 10.5 Å². The number of carbonyl (C=O) groups excluding carboxylic acids is 2. The summed E-state index contributed by atoms with van der Waals surface area (Å²) in [5.74, 6) is -0.335. The molecule has 0 aliphatic heterocycles. The number of nitrogens with two attached hydrogens (primary N) is 1. The first-order chi connectivity index (χ1) is 16.5. The summed E-state index contributed by atoms with van der Waals surface area (Å²) in [6.45, 7) is 5.76. The Morgan fingerprint density at radius 3 is 2.11 bits per heavy atom. The predicted octanol–water partition coefficient (Wildman–Crippen LogP) is 6.31. The minimum Gasteiger partial charge on any atom is -0.446 e. The Kier molecular flexibility index (Phi) is 9.03. The fourth-order valence-electron chi connectivity index (χ4n) is 3.43. The van der Waals surface area contributed by atoms with Gasteiger partial charge in [-0.3, -0.25) is 4.79 Å². The molecule has 0 fully saturated rings. The molecule has 1 atom stereocenters. The molecule has 1 heterocycles. The molecular weight excluding hydrogens is 494 g/mol. The Bertz CT molecular complexity index is 1040. The maximum Gasteiger partial charge on any atom is 0.435 e. The third kappa shape index (κ3) is 8.45. The summed E-state index contributed by atoms with van der Waals surface area (Å²) >= 11 is 0. The highest BCUT2D eigenvalue weighted by molar-refractivity contribution is 5.90. The van der Waals surface area contributed by atoms with Gasteiger partial charge in [-0.1, -0.05) is 27.2 Å². The zero-order chi connectivity index (χ0) is 27.3. The first kappa shape index (κ1) is 29.0. The van der Waals surface area contributed by atoms with Crippen LogP contribution >= 0.6 is 0 Å². The molecule has 1 aromatic heterocycles. The van der Waals surface area contributed by atoms with E-state index in [0.29, 0.717) is 25.7 Å². The molecule has 0 saturated heterocycles. The Morgan fingerprint density at radius 2 is 1.61 bits per heavy atom. The molecule has 36 heavy (non-hydrogen) atoms. The molecule has 0 aliphatic carbocycles. The molecule has 0 spiro atoms. The van der Waals surface area contributed by atoms with Crippen molar-refractivity contribution < 1.29 is 40.7 Å². The summed E-state index contributed by atoms with van der Waals surface area (Å²) in [5, 5.41) is 5.65.